The van der Waals surface area contributed by atoms with Crippen LogP contribution in [0.15, 0.2) is 34.9 Å². The molecule has 0 aliphatic rings. The minimum atomic E-state index is 0.554. The largest absolute Gasteiger partial charge is 0.360 e. The fraction of sp³-hybridized carbons (Fsp3) is 0.400. The van der Waals surface area contributed by atoms with Gasteiger partial charge in [-0.1, -0.05) is 41.9 Å². The van der Waals surface area contributed by atoms with Crippen molar-refractivity contribution in [1.82, 2.24) is 5.16 Å². The van der Waals surface area contributed by atoms with Gasteiger partial charge in [-0.05, 0) is 19.9 Å². The highest BCUT2D eigenvalue weighted by atomic mass is 32.2. The molecule has 1 aromatic carbocycles. The molecule has 0 amide bonds. The van der Waals surface area contributed by atoms with Gasteiger partial charge in [-0.2, -0.15) is 11.8 Å². The summed E-state index contributed by atoms with van der Waals surface area (Å²) < 4.78 is 5.38. The molecule has 0 radical (unpaired) electrons. The maximum atomic E-state index is 5.54. The molecule has 0 saturated heterocycles. The number of aromatic nitrogens is 1. The lowest BCUT2D eigenvalue weighted by Crippen LogP contribution is -2.07. The summed E-state index contributed by atoms with van der Waals surface area (Å²) in [6.45, 7) is 5.00. The Labute approximate surface area is 118 Å². The topological polar surface area (TPSA) is 52.0 Å². The van der Waals surface area contributed by atoms with Gasteiger partial charge in [0.15, 0.2) is 0 Å². The Bertz CT molecular complexity index is 507. The van der Waals surface area contributed by atoms with Gasteiger partial charge in [0.2, 0.25) is 0 Å². The Balaban J connectivity index is 1.97. The fourth-order valence-electron chi connectivity index (χ4n) is 1.78. The summed E-state index contributed by atoms with van der Waals surface area (Å²) >= 11 is 1.85. The van der Waals surface area contributed by atoms with E-state index in [1.54, 1.807) is 0 Å². The Morgan fingerprint density at radius 1 is 1.32 bits per heavy atom. The highest BCUT2D eigenvalue weighted by Crippen LogP contribution is 2.24. The van der Waals surface area contributed by atoms with Crippen LogP contribution in [-0.4, -0.2) is 17.0 Å². The molecule has 0 aliphatic carbocycles. The Kier molecular flexibility index (Phi) is 5.05. The van der Waals surface area contributed by atoms with Crippen LogP contribution in [0, 0.1) is 6.92 Å². The first-order valence-corrected chi connectivity index (χ1v) is 7.58. The number of thioether (sulfide) groups is 1. The zero-order valence-electron chi connectivity index (χ0n) is 11.4. The second-order valence-electron chi connectivity index (χ2n) is 4.74. The standard InChI is InChI=1S/C15H20N2OS/c1-11-3-5-13(6-4-11)15-9-14(18-17-15)10-19-12(2)7-8-16/h3-6,9,12H,7-8,10,16H2,1-2H3. The second kappa shape index (κ2) is 6.78. The molecule has 2 N–H and O–H groups in total. The molecule has 1 heterocycles. The SMILES string of the molecule is Cc1ccc(-c2cc(CSC(C)CCN)on2)cc1. The van der Waals surface area contributed by atoms with Crippen LogP contribution in [-0.2, 0) is 5.75 Å². The minimum Gasteiger partial charge on any atom is -0.360 e. The van der Waals surface area contributed by atoms with Gasteiger partial charge in [0, 0.05) is 16.9 Å². The summed E-state index contributed by atoms with van der Waals surface area (Å²) in [6, 6.07) is 10.3. The second-order valence-corrected chi connectivity index (χ2v) is 6.17. The number of hydrogen-bond donors (Lipinski definition) is 1. The molecule has 4 heteroatoms. The smallest absolute Gasteiger partial charge is 0.147 e. The van der Waals surface area contributed by atoms with Crippen molar-refractivity contribution in [3.63, 3.8) is 0 Å². The predicted molar refractivity (Wildman–Crippen MR) is 81.1 cm³/mol. The van der Waals surface area contributed by atoms with Crippen LogP contribution in [0.5, 0.6) is 0 Å². The molecule has 0 saturated carbocycles. The van der Waals surface area contributed by atoms with Gasteiger partial charge in [0.05, 0.1) is 5.75 Å². The fourth-order valence-corrected chi connectivity index (χ4v) is 2.67. The zero-order chi connectivity index (χ0) is 13.7. The molecule has 0 aliphatic heterocycles. The maximum Gasteiger partial charge on any atom is 0.147 e. The van der Waals surface area contributed by atoms with Crippen molar-refractivity contribution in [2.45, 2.75) is 31.3 Å². The van der Waals surface area contributed by atoms with Crippen molar-refractivity contribution in [1.29, 1.82) is 0 Å². The van der Waals surface area contributed by atoms with Crippen molar-refractivity contribution >= 4 is 11.8 Å². The molecule has 0 fully saturated rings. The van der Waals surface area contributed by atoms with E-state index < -0.39 is 0 Å². The maximum absolute atomic E-state index is 5.54. The summed E-state index contributed by atoms with van der Waals surface area (Å²) in [5, 5.41) is 4.68. The molecular weight excluding hydrogens is 256 g/mol. The van der Waals surface area contributed by atoms with E-state index in [9.17, 15) is 0 Å². The van der Waals surface area contributed by atoms with Crippen LogP contribution in [0.4, 0.5) is 0 Å². The monoisotopic (exact) mass is 276 g/mol. The van der Waals surface area contributed by atoms with Crippen molar-refractivity contribution < 1.29 is 4.52 Å². The lowest BCUT2D eigenvalue weighted by atomic mass is 10.1. The molecular formula is C15H20N2OS. The molecule has 19 heavy (non-hydrogen) atoms. The van der Waals surface area contributed by atoms with E-state index in [-0.39, 0.29) is 0 Å². The zero-order valence-corrected chi connectivity index (χ0v) is 12.2. The van der Waals surface area contributed by atoms with Crippen molar-refractivity contribution in [2.24, 2.45) is 5.73 Å². The van der Waals surface area contributed by atoms with Gasteiger partial charge in [0.25, 0.3) is 0 Å². The first-order chi connectivity index (χ1) is 9.19. The molecule has 0 bridgehead atoms. The summed E-state index contributed by atoms with van der Waals surface area (Å²) in [6.07, 6.45) is 1.03. The molecule has 2 rings (SSSR count). The van der Waals surface area contributed by atoms with E-state index in [4.69, 9.17) is 10.3 Å². The summed E-state index contributed by atoms with van der Waals surface area (Å²) in [7, 11) is 0. The summed E-state index contributed by atoms with van der Waals surface area (Å²) in [5.41, 5.74) is 8.79. The Morgan fingerprint density at radius 3 is 2.74 bits per heavy atom. The average Bonchev–Trinajstić information content (AvgIpc) is 2.86. The third-order valence-corrected chi connectivity index (χ3v) is 4.25. The van der Waals surface area contributed by atoms with E-state index in [1.165, 1.54) is 5.56 Å². The van der Waals surface area contributed by atoms with Crippen LogP contribution >= 0.6 is 11.8 Å². The van der Waals surface area contributed by atoms with Gasteiger partial charge in [-0.15, -0.1) is 0 Å². The molecule has 2 aromatic rings. The van der Waals surface area contributed by atoms with Crippen LogP contribution in [0.2, 0.25) is 0 Å². The number of aryl methyl sites for hydroxylation is 1. The normalized spacial score (nSPS) is 12.6. The molecule has 1 aromatic heterocycles. The van der Waals surface area contributed by atoms with E-state index in [1.807, 2.05) is 17.8 Å². The van der Waals surface area contributed by atoms with E-state index >= 15 is 0 Å². The predicted octanol–water partition coefficient (Wildman–Crippen LogP) is 3.62. The highest BCUT2D eigenvalue weighted by molar-refractivity contribution is 7.99. The number of nitrogens with zero attached hydrogens (tertiary/aromatic N) is 1. The number of nitrogens with two attached hydrogens (primary N) is 1. The van der Waals surface area contributed by atoms with Crippen molar-refractivity contribution in [3.8, 4) is 11.3 Å². The third-order valence-electron chi connectivity index (χ3n) is 2.99. The van der Waals surface area contributed by atoms with Gasteiger partial charge < -0.3 is 10.3 Å². The molecule has 1 unspecified atom stereocenters. The Morgan fingerprint density at radius 2 is 2.05 bits per heavy atom. The minimum absolute atomic E-state index is 0.554. The number of hydrogen-bond acceptors (Lipinski definition) is 4. The summed E-state index contributed by atoms with van der Waals surface area (Å²) in [4.78, 5) is 0. The first-order valence-electron chi connectivity index (χ1n) is 6.53. The first kappa shape index (κ1) is 14.2. The molecule has 3 nitrogen and oxygen atoms in total. The molecule has 0 spiro atoms. The number of benzene rings is 1. The van der Waals surface area contributed by atoms with Crippen LogP contribution < -0.4 is 5.73 Å². The van der Waals surface area contributed by atoms with Crippen molar-refractivity contribution in [2.75, 3.05) is 6.54 Å². The lowest BCUT2D eigenvalue weighted by Gasteiger charge is -2.06. The van der Waals surface area contributed by atoms with Crippen LogP contribution in [0.1, 0.15) is 24.7 Å². The highest BCUT2D eigenvalue weighted by Gasteiger charge is 2.08. The van der Waals surface area contributed by atoms with Gasteiger partial charge in [-0.3, -0.25) is 0 Å². The van der Waals surface area contributed by atoms with Crippen LogP contribution in [0.3, 0.4) is 0 Å². The van der Waals surface area contributed by atoms with Gasteiger partial charge in [-0.25, -0.2) is 0 Å². The van der Waals surface area contributed by atoms with E-state index in [0.29, 0.717) is 5.25 Å². The molecule has 102 valence electrons. The van der Waals surface area contributed by atoms with E-state index in [0.717, 1.165) is 35.7 Å². The van der Waals surface area contributed by atoms with Gasteiger partial charge >= 0.3 is 0 Å². The average molecular weight is 276 g/mol. The Hall–Kier alpha value is -1.26. The number of rotatable bonds is 6. The van der Waals surface area contributed by atoms with Crippen molar-refractivity contribution in [3.05, 3.63) is 41.7 Å². The van der Waals surface area contributed by atoms with Crippen LogP contribution in [0.25, 0.3) is 11.3 Å². The molecule has 1 atom stereocenters. The quantitative estimate of drug-likeness (QED) is 0.875. The van der Waals surface area contributed by atoms with E-state index in [2.05, 4.69) is 43.3 Å². The summed E-state index contributed by atoms with van der Waals surface area (Å²) in [5.74, 6) is 1.77. The van der Waals surface area contributed by atoms with Gasteiger partial charge in [0.1, 0.15) is 11.5 Å². The lowest BCUT2D eigenvalue weighted by molar-refractivity contribution is 0.397. The third kappa shape index (κ3) is 4.11.